The molecule has 0 heterocycles. The highest BCUT2D eigenvalue weighted by molar-refractivity contribution is 7.99. The highest BCUT2D eigenvalue weighted by Gasteiger charge is 2.32. The van der Waals surface area contributed by atoms with Crippen LogP contribution < -0.4 is 5.32 Å². The lowest BCUT2D eigenvalue weighted by atomic mass is 10.0. The van der Waals surface area contributed by atoms with Gasteiger partial charge in [-0.1, -0.05) is 84.0 Å². The number of nitrogens with zero attached hydrogens (tertiary/aromatic N) is 1. The summed E-state index contributed by atoms with van der Waals surface area (Å²) in [5.74, 6) is 0.626. The van der Waals surface area contributed by atoms with E-state index in [1.54, 1.807) is 28.8 Å². The summed E-state index contributed by atoms with van der Waals surface area (Å²) < 4.78 is 0. The highest BCUT2D eigenvalue weighted by atomic mass is 35.5. The first-order chi connectivity index (χ1) is 18.9. The minimum atomic E-state index is -0.640. The van der Waals surface area contributed by atoms with Crippen LogP contribution >= 0.6 is 46.6 Å². The third-order valence-electron chi connectivity index (χ3n) is 6.93. The smallest absolute Gasteiger partial charge is 0.243 e. The van der Waals surface area contributed by atoms with Crippen LogP contribution in [0.4, 0.5) is 0 Å². The molecule has 0 bridgehead atoms. The summed E-state index contributed by atoms with van der Waals surface area (Å²) in [6.45, 7) is 0.273. The Labute approximate surface area is 250 Å². The van der Waals surface area contributed by atoms with Gasteiger partial charge in [0, 0.05) is 35.3 Å². The summed E-state index contributed by atoms with van der Waals surface area (Å²) in [7, 11) is 0. The summed E-state index contributed by atoms with van der Waals surface area (Å²) in [6.07, 6.45) is 5.65. The molecule has 0 saturated heterocycles. The lowest BCUT2D eigenvalue weighted by Crippen LogP contribution is -2.52. The Kier molecular flexibility index (Phi) is 11.5. The molecule has 3 aromatic carbocycles. The van der Waals surface area contributed by atoms with Crippen molar-refractivity contribution in [1.82, 2.24) is 10.2 Å². The number of halogens is 3. The number of carbonyl (C=O) groups excluding carboxylic acids is 2. The van der Waals surface area contributed by atoms with E-state index in [2.05, 4.69) is 5.32 Å². The van der Waals surface area contributed by atoms with Gasteiger partial charge >= 0.3 is 0 Å². The molecule has 1 aliphatic carbocycles. The van der Waals surface area contributed by atoms with Gasteiger partial charge in [-0.2, -0.15) is 0 Å². The Bertz CT molecular complexity index is 1230. The van der Waals surface area contributed by atoms with E-state index in [1.807, 2.05) is 60.7 Å². The third kappa shape index (κ3) is 9.18. The van der Waals surface area contributed by atoms with E-state index < -0.39 is 6.04 Å². The zero-order chi connectivity index (χ0) is 27.6. The van der Waals surface area contributed by atoms with Crippen molar-refractivity contribution >= 4 is 58.4 Å². The number of rotatable bonds is 12. The molecular weight excluding hydrogens is 571 g/mol. The van der Waals surface area contributed by atoms with Crippen molar-refractivity contribution in [3.05, 3.63) is 99.0 Å². The zero-order valence-electron chi connectivity index (χ0n) is 21.8. The van der Waals surface area contributed by atoms with Gasteiger partial charge in [-0.25, -0.2) is 0 Å². The number of hydrogen-bond donors (Lipinski definition) is 1. The van der Waals surface area contributed by atoms with Crippen molar-refractivity contribution in [2.75, 3.05) is 5.75 Å². The Morgan fingerprint density at radius 3 is 2.31 bits per heavy atom. The number of thioether (sulfide) groups is 1. The number of amides is 2. The summed E-state index contributed by atoms with van der Waals surface area (Å²) >= 11 is 20.1. The molecule has 0 aromatic heterocycles. The van der Waals surface area contributed by atoms with Gasteiger partial charge in [0.15, 0.2) is 0 Å². The third-order valence-corrected chi connectivity index (χ3v) is 9.02. The minimum Gasteiger partial charge on any atom is -0.352 e. The van der Waals surface area contributed by atoms with Crippen molar-refractivity contribution in [1.29, 1.82) is 0 Å². The second kappa shape index (κ2) is 15.0. The van der Waals surface area contributed by atoms with Gasteiger partial charge in [0.05, 0.1) is 10.0 Å². The molecule has 1 atom stereocenters. The molecule has 0 spiro atoms. The van der Waals surface area contributed by atoms with Gasteiger partial charge in [-0.15, -0.1) is 11.8 Å². The molecule has 1 fully saturated rings. The lowest BCUT2D eigenvalue weighted by molar-refractivity contribution is -0.141. The van der Waals surface area contributed by atoms with Crippen LogP contribution in [-0.4, -0.2) is 34.6 Å². The van der Waals surface area contributed by atoms with Crippen LogP contribution in [0.2, 0.25) is 15.1 Å². The average Bonchev–Trinajstić information content (AvgIpc) is 3.45. The maximum absolute atomic E-state index is 13.8. The molecular formula is C31H33Cl3N2O2S. The van der Waals surface area contributed by atoms with E-state index in [4.69, 9.17) is 34.8 Å². The SMILES string of the molecule is O=C(NC1CCCC1)C(Cc1ccccc1)N(Cc1ccc(Cl)c(Cl)c1)C(=O)CCCSc1ccc(Cl)cc1. The summed E-state index contributed by atoms with van der Waals surface area (Å²) in [4.78, 5) is 30.4. The fraction of sp³-hybridized carbons (Fsp3) is 0.355. The summed E-state index contributed by atoms with van der Waals surface area (Å²) in [6, 6.07) is 22.5. The number of benzene rings is 3. The first-order valence-corrected chi connectivity index (χ1v) is 15.5. The van der Waals surface area contributed by atoms with Crippen molar-refractivity contribution < 1.29 is 9.59 Å². The van der Waals surface area contributed by atoms with Crippen molar-refractivity contribution in [3.8, 4) is 0 Å². The monoisotopic (exact) mass is 602 g/mol. The van der Waals surface area contributed by atoms with Crippen LogP contribution in [0.15, 0.2) is 77.7 Å². The maximum atomic E-state index is 13.8. The molecule has 2 amide bonds. The zero-order valence-corrected chi connectivity index (χ0v) is 24.8. The second-order valence-electron chi connectivity index (χ2n) is 9.87. The molecule has 8 heteroatoms. The first kappa shape index (κ1) is 29.8. The maximum Gasteiger partial charge on any atom is 0.243 e. The largest absolute Gasteiger partial charge is 0.352 e. The average molecular weight is 604 g/mol. The molecule has 206 valence electrons. The van der Waals surface area contributed by atoms with Gasteiger partial charge in [0.2, 0.25) is 11.8 Å². The van der Waals surface area contributed by atoms with Crippen LogP contribution in [0.3, 0.4) is 0 Å². The molecule has 1 aliphatic rings. The van der Waals surface area contributed by atoms with E-state index in [0.29, 0.717) is 34.3 Å². The Balaban J connectivity index is 1.53. The Hall–Kier alpha value is -2.18. The normalized spacial score (nSPS) is 14.2. The molecule has 1 N–H and O–H groups in total. The molecule has 1 saturated carbocycles. The van der Waals surface area contributed by atoms with Gasteiger partial charge < -0.3 is 10.2 Å². The molecule has 4 nitrogen and oxygen atoms in total. The lowest BCUT2D eigenvalue weighted by Gasteiger charge is -2.32. The van der Waals surface area contributed by atoms with E-state index >= 15 is 0 Å². The van der Waals surface area contributed by atoms with Crippen molar-refractivity contribution in [2.45, 2.75) is 68.5 Å². The minimum absolute atomic E-state index is 0.0553. The van der Waals surface area contributed by atoms with Crippen LogP contribution in [0.1, 0.15) is 49.7 Å². The standard InChI is InChI=1S/C31H33Cl3N2O2S/c32-24-13-15-26(16-14-24)39-18-6-11-30(37)36(21-23-12-17-27(33)28(34)19-23)29(20-22-7-2-1-3-8-22)31(38)35-25-9-4-5-10-25/h1-3,7-8,12-17,19,25,29H,4-6,9-11,18,20-21H2,(H,35,38). The van der Waals surface area contributed by atoms with Gasteiger partial charge in [-0.05, 0) is 72.5 Å². The predicted octanol–water partition coefficient (Wildman–Crippen LogP) is 8.22. The molecule has 39 heavy (non-hydrogen) atoms. The van der Waals surface area contributed by atoms with E-state index in [9.17, 15) is 9.59 Å². The van der Waals surface area contributed by atoms with Crippen LogP contribution in [0.5, 0.6) is 0 Å². The van der Waals surface area contributed by atoms with Crippen LogP contribution in [-0.2, 0) is 22.6 Å². The number of hydrogen-bond acceptors (Lipinski definition) is 3. The van der Waals surface area contributed by atoms with Crippen LogP contribution in [0, 0.1) is 0 Å². The van der Waals surface area contributed by atoms with E-state index in [0.717, 1.165) is 47.5 Å². The highest BCUT2D eigenvalue weighted by Crippen LogP contribution is 2.26. The molecule has 0 aliphatic heterocycles. The fourth-order valence-corrected chi connectivity index (χ4v) is 6.14. The van der Waals surface area contributed by atoms with Gasteiger partial charge in [0.1, 0.15) is 6.04 Å². The van der Waals surface area contributed by atoms with Crippen molar-refractivity contribution in [2.24, 2.45) is 0 Å². The first-order valence-electron chi connectivity index (χ1n) is 13.3. The van der Waals surface area contributed by atoms with Crippen molar-refractivity contribution in [3.63, 3.8) is 0 Å². The summed E-state index contributed by atoms with van der Waals surface area (Å²) in [5.41, 5.74) is 1.84. The molecule has 3 aromatic rings. The Morgan fingerprint density at radius 1 is 0.897 bits per heavy atom. The second-order valence-corrected chi connectivity index (χ2v) is 12.3. The Morgan fingerprint density at radius 2 is 1.62 bits per heavy atom. The van der Waals surface area contributed by atoms with Gasteiger partial charge in [-0.3, -0.25) is 9.59 Å². The quantitative estimate of drug-likeness (QED) is 0.168. The van der Waals surface area contributed by atoms with E-state index in [1.165, 1.54) is 0 Å². The number of carbonyl (C=O) groups is 2. The molecule has 4 rings (SSSR count). The number of nitrogens with one attached hydrogen (secondary N) is 1. The molecule has 0 radical (unpaired) electrons. The summed E-state index contributed by atoms with van der Waals surface area (Å²) in [5, 5.41) is 4.82. The van der Waals surface area contributed by atoms with E-state index in [-0.39, 0.29) is 24.4 Å². The predicted molar refractivity (Wildman–Crippen MR) is 163 cm³/mol. The van der Waals surface area contributed by atoms with Gasteiger partial charge in [0.25, 0.3) is 0 Å². The molecule has 1 unspecified atom stereocenters. The topological polar surface area (TPSA) is 49.4 Å². The fourth-order valence-electron chi connectivity index (χ4n) is 4.84. The van der Waals surface area contributed by atoms with Crippen LogP contribution in [0.25, 0.3) is 0 Å².